The third kappa shape index (κ3) is 3.16. The van der Waals surface area contributed by atoms with Gasteiger partial charge in [-0.2, -0.15) is 4.98 Å². The first-order valence-corrected chi connectivity index (χ1v) is 8.85. The number of hydrogen-bond donors (Lipinski definition) is 1. The van der Waals surface area contributed by atoms with Gasteiger partial charge in [-0.1, -0.05) is 37.5 Å². The highest BCUT2D eigenvalue weighted by Crippen LogP contribution is 2.32. The highest BCUT2D eigenvalue weighted by molar-refractivity contribution is 5.65. The molecule has 1 N–H and O–H groups in total. The zero-order valence-electron chi connectivity index (χ0n) is 13.5. The van der Waals surface area contributed by atoms with Crippen LogP contribution in [0, 0.1) is 0 Å². The van der Waals surface area contributed by atoms with Crippen molar-refractivity contribution in [1.29, 1.82) is 0 Å². The average molecular weight is 308 g/mol. The lowest BCUT2D eigenvalue weighted by Gasteiger charge is -2.30. The van der Waals surface area contributed by atoms with E-state index >= 15 is 0 Å². The Morgan fingerprint density at radius 3 is 2.78 bits per heavy atom. The highest BCUT2D eigenvalue weighted by atomic mass is 15.2. The van der Waals surface area contributed by atoms with Crippen LogP contribution >= 0.6 is 0 Å². The van der Waals surface area contributed by atoms with Gasteiger partial charge in [0.1, 0.15) is 5.82 Å². The fourth-order valence-electron chi connectivity index (χ4n) is 3.77. The Hall–Kier alpha value is -2.10. The summed E-state index contributed by atoms with van der Waals surface area (Å²) in [6.45, 7) is 1.02. The number of benzene rings is 1. The van der Waals surface area contributed by atoms with Crippen molar-refractivity contribution in [2.45, 2.75) is 51.0 Å². The molecule has 4 rings (SSSR count). The van der Waals surface area contributed by atoms with Crippen molar-refractivity contribution in [3.8, 4) is 0 Å². The summed E-state index contributed by atoms with van der Waals surface area (Å²) in [6, 6.07) is 11.2. The number of aryl methyl sites for hydroxylation is 1. The lowest BCUT2D eigenvalue weighted by Crippen LogP contribution is -2.27. The van der Waals surface area contributed by atoms with Gasteiger partial charge in [-0.25, -0.2) is 4.98 Å². The van der Waals surface area contributed by atoms with E-state index in [2.05, 4.69) is 39.5 Å². The van der Waals surface area contributed by atoms with Gasteiger partial charge in [0, 0.05) is 24.5 Å². The Balaban J connectivity index is 1.57. The van der Waals surface area contributed by atoms with Crippen LogP contribution in [0.15, 0.2) is 36.5 Å². The number of anilines is 3. The molecule has 2 aromatic rings. The van der Waals surface area contributed by atoms with Gasteiger partial charge >= 0.3 is 0 Å². The number of hydrogen-bond acceptors (Lipinski definition) is 4. The number of para-hydroxylation sites is 1. The van der Waals surface area contributed by atoms with Gasteiger partial charge in [0.2, 0.25) is 5.95 Å². The summed E-state index contributed by atoms with van der Waals surface area (Å²) < 4.78 is 0. The summed E-state index contributed by atoms with van der Waals surface area (Å²) >= 11 is 0. The molecule has 0 bridgehead atoms. The van der Waals surface area contributed by atoms with Crippen LogP contribution in [-0.2, 0) is 6.42 Å². The third-order valence-electron chi connectivity index (χ3n) is 4.97. The van der Waals surface area contributed by atoms with E-state index in [1.807, 2.05) is 12.3 Å². The monoisotopic (exact) mass is 308 g/mol. The predicted molar refractivity (Wildman–Crippen MR) is 94.3 cm³/mol. The van der Waals surface area contributed by atoms with Gasteiger partial charge in [-0.15, -0.1) is 0 Å². The van der Waals surface area contributed by atoms with E-state index in [0.29, 0.717) is 6.04 Å². The van der Waals surface area contributed by atoms with E-state index < -0.39 is 0 Å². The molecule has 0 atom stereocenters. The van der Waals surface area contributed by atoms with Crippen molar-refractivity contribution in [1.82, 2.24) is 9.97 Å². The molecule has 0 saturated heterocycles. The second-order valence-electron chi connectivity index (χ2n) is 6.60. The van der Waals surface area contributed by atoms with Gasteiger partial charge in [-0.3, -0.25) is 0 Å². The molecule has 4 nitrogen and oxygen atoms in total. The van der Waals surface area contributed by atoms with Gasteiger partial charge < -0.3 is 10.2 Å². The normalized spacial score (nSPS) is 18.5. The zero-order valence-corrected chi connectivity index (χ0v) is 13.5. The summed E-state index contributed by atoms with van der Waals surface area (Å²) in [5, 5.41) is 3.54. The van der Waals surface area contributed by atoms with Crippen LogP contribution in [0.5, 0.6) is 0 Å². The lowest BCUT2D eigenvalue weighted by atomic mass is 9.96. The van der Waals surface area contributed by atoms with Crippen LogP contribution in [-0.4, -0.2) is 22.6 Å². The smallest absolute Gasteiger partial charge is 0.224 e. The molecule has 1 aliphatic heterocycles. The Morgan fingerprint density at radius 2 is 1.87 bits per heavy atom. The second kappa shape index (κ2) is 6.57. The Labute approximate surface area is 138 Å². The van der Waals surface area contributed by atoms with Crippen LogP contribution in [0.4, 0.5) is 17.5 Å². The first kappa shape index (κ1) is 14.5. The van der Waals surface area contributed by atoms with Gasteiger partial charge in [0.25, 0.3) is 0 Å². The van der Waals surface area contributed by atoms with E-state index in [4.69, 9.17) is 4.98 Å². The standard InChI is InChI=1S/C19H24N4/c1-2-9-16(10-3-1)21-19-20-13-12-18(22-19)23-14-6-8-15-7-4-5-11-17(15)23/h4-5,7,11-13,16H,1-3,6,8-10,14H2,(H,20,21,22). The van der Waals surface area contributed by atoms with E-state index in [1.165, 1.54) is 49.8 Å². The molecule has 23 heavy (non-hydrogen) atoms. The molecule has 1 aromatic carbocycles. The minimum atomic E-state index is 0.535. The van der Waals surface area contributed by atoms with Crippen molar-refractivity contribution >= 4 is 17.5 Å². The topological polar surface area (TPSA) is 41.1 Å². The summed E-state index contributed by atoms with van der Waals surface area (Å²) in [7, 11) is 0. The van der Waals surface area contributed by atoms with Crippen molar-refractivity contribution in [3.05, 3.63) is 42.1 Å². The van der Waals surface area contributed by atoms with Crippen LogP contribution in [0.1, 0.15) is 44.1 Å². The van der Waals surface area contributed by atoms with E-state index in [0.717, 1.165) is 24.7 Å². The van der Waals surface area contributed by atoms with Crippen LogP contribution in [0.3, 0.4) is 0 Å². The third-order valence-corrected chi connectivity index (χ3v) is 4.97. The molecule has 4 heteroatoms. The molecule has 1 fully saturated rings. The van der Waals surface area contributed by atoms with Gasteiger partial charge in [0.05, 0.1) is 0 Å². The minimum absolute atomic E-state index is 0.535. The second-order valence-corrected chi connectivity index (χ2v) is 6.60. The van der Waals surface area contributed by atoms with E-state index in [-0.39, 0.29) is 0 Å². The molecule has 120 valence electrons. The van der Waals surface area contributed by atoms with Crippen LogP contribution in [0.25, 0.3) is 0 Å². The van der Waals surface area contributed by atoms with Crippen LogP contribution < -0.4 is 10.2 Å². The summed E-state index contributed by atoms with van der Waals surface area (Å²) in [5.41, 5.74) is 2.71. The molecule has 1 aliphatic carbocycles. The molecule has 0 amide bonds. The Morgan fingerprint density at radius 1 is 1.00 bits per heavy atom. The average Bonchev–Trinajstić information content (AvgIpc) is 2.62. The highest BCUT2D eigenvalue weighted by Gasteiger charge is 2.20. The molecule has 1 saturated carbocycles. The van der Waals surface area contributed by atoms with Crippen molar-refractivity contribution in [3.63, 3.8) is 0 Å². The minimum Gasteiger partial charge on any atom is -0.351 e. The fourth-order valence-corrected chi connectivity index (χ4v) is 3.77. The Bertz CT molecular complexity index is 664. The van der Waals surface area contributed by atoms with Gasteiger partial charge in [0.15, 0.2) is 0 Å². The summed E-state index contributed by atoms with van der Waals surface area (Å²) in [5.74, 6) is 1.78. The van der Waals surface area contributed by atoms with E-state index in [9.17, 15) is 0 Å². The zero-order chi connectivity index (χ0) is 15.5. The number of rotatable bonds is 3. The number of aromatic nitrogens is 2. The van der Waals surface area contributed by atoms with Crippen molar-refractivity contribution in [2.24, 2.45) is 0 Å². The predicted octanol–water partition coefficient (Wildman–Crippen LogP) is 4.31. The van der Waals surface area contributed by atoms with Crippen LogP contribution in [0.2, 0.25) is 0 Å². The Kier molecular flexibility index (Phi) is 4.14. The van der Waals surface area contributed by atoms with Crippen molar-refractivity contribution in [2.75, 3.05) is 16.8 Å². The lowest BCUT2D eigenvalue weighted by molar-refractivity contribution is 0.461. The maximum atomic E-state index is 4.79. The number of nitrogens with one attached hydrogen (secondary N) is 1. The SMILES string of the molecule is c1ccc2c(c1)CCCN2c1ccnc(NC2CCCCC2)n1. The van der Waals surface area contributed by atoms with Crippen molar-refractivity contribution < 1.29 is 0 Å². The molecule has 0 spiro atoms. The maximum Gasteiger partial charge on any atom is 0.224 e. The molecule has 2 aliphatic rings. The first-order valence-electron chi connectivity index (χ1n) is 8.85. The largest absolute Gasteiger partial charge is 0.351 e. The number of nitrogens with zero attached hydrogens (tertiary/aromatic N) is 3. The summed E-state index contributed by atoms with van der Waals surface area (Å²) in [4.78, 5) is 11.6. The summed E-state index contributed by atoms with van der Waals surface area (Å²) in [6.07, 6.45) is 10.7. The van der Waals surface area contributed by atoms with E-state index in [1.54, 1.807) is 0 Å². The maximum absolute atomic E-state index is 4.79. The fraction of sp³-hybridized carbons (Fsp3) is 0.474. The first-order chi connectivity index (χ1) is 11.4. The quantitative estimate of drug-likeness (QED) is 0.917. The number of fused-ring (bicyclic) bond motifs is 1. The molecule has 0 unspecified atom stereocenters. The molecular formula is C19H24N4. The molecule has 2 heterocycles. The molecular weight excluding hydrogens is 284 g/mol. The molecule has 1 aromatic heterocycles. The van der Waals surface area contributed by atoms with Gasteiger partial charge in [-0.05, 0) is 43.4 Å². The molecule has 0 radical (unpaired) electrons.